The number of hydrogen-bond acceptors (Lipinski definition) is 3. The van der Waals surface area contributed by atoms with Gasteiger partial charge < -0.3 is 10.5 Å². The first-order valence-corrected chi connectivity index (χ1v) is 5.84. The summed E-state index contributed by atoms with van der Waals surface area (Å²) >= 11 is 0. The molecule has 0 atom stereocenters. The third-order valence-corrected chi connectivity index (χ3v) is 2.44. The van der Waals surface area contributed by atoms with Gasteiger partial charge in [0.15, 0.2) is 0 Å². The van der Waals surface area contributed by atoms with Crippen molar-refractivity contribution >= 4 is 5.70 Å². The van der Waals surface area contributed by atoms with E-state index in [9.17, 15) is 0 Å². The normalized spacial score (nSPS) is 11.6. The lowest BCUT2D eigenvalue weighted by Gasteiger charge is -2.07. The molecule has 0 heterocycles. The van der Waals surface area contributed by atoms with E-state index < -0.39 is 0 Å². The fraction of sp³-hybridized carbons (Fsp3) is 0.357. The van der Waals surface area contributed by atoms with Crippen molar-refractivity contribution in [3.05, 3.63) is 35.4 Å². The zero-order chi connectivity index (χ0) is 12.7. The Labute approximate surface area is 103 Å². The summed E-state index contributed by atoms with van der Waals surface area (Å²) in [6, 6.07) is 9.66. The predicted octanol–water partition coefficient (Wildman–Crippen LogP) is 3.08. The van der Waals surface area contributed by atoms with Gasteiger partial charge in [-0.1, -0.05) is 13.3 Å². The molecular formula is C14H18N2O. The molecular weight excluding hydrogens is 212 g/mol. The van der Waals surface area contributed by atoms with Crippen LogP contribution in [0.3, 0.4) is 0 Å². The summed E-state index contributed by atoms with van der Waals surface area (Å²) in [5.74, 6) is 0.818. The molecule has 0 unspecified atom stereocenters. The van der Waals surface area contributed by atoms with Gasteiger partial charge >= 0.3 is 0 Å². The van der Waals surface area contributed by atoms with Crippen LogP contribution in [0, 0.1) is 11.3 Å². The van der Waals surface area contributed by atoms with E-state index in [4.69, 9.17) is 15.7 Å². The number of nitrogens with zero attached hydrogens (tertiary/aromatic N) is 1. The van der Waals surface area contributed by atoms with Crippen molar-refractivity contribution in [1.82, 2.24) is 0 Å². The molecule has 0 saturated heterocycles. The van der Waals surface area contributed by atoms with Crippen molar-refractivity contribution in [2.45, 2.75) is 26.7 Å². The number of nitrogens with two attached hydrogens (primary N) is 1. The van der Waals surface area contributed by atoms with Crippen molar-refractivity contribution in [3.63, 3.8) is 0 Å². The fourth-order valence-electron chi connectivity index (χ4n) is 1.57. The summed E-state index contributed by atoms with van der Waals surface area (Å²) in [4.78, 5) is 0. The van der Waals surface area contributed by atoms with Crippen molar-refractivity contribution in [2.24, 2.45) is 5.73 Å². The highest BCUT2D eigenvalue weighted by atomic mass is 16.5. The Morgan fingerprint density at radius 3 is 2.41 bits per heavy atom. The molecule has 0 aliphatic rings. The number of rotatable bonds is 5. The molecule has 1 rings (SSSR count). The van der Waals surface area contributed by atoms with Gasteiger partial charge in [0, 0.05) is 0 Å². The maximum atomic E-state index is 9.02. The van der Waals surface area contributed by atoms with Crippen LogP contribution in [0.15, 0.2) is 29.8 Å². The molecule has 1 aromatic carbocycles. The highest BCUT2D eigenvalue weighted by molar-refractivity contribution is 5.69. The van der Waals surface area contributed by atoms with Gasteiger partial charge in [-0.05, 0) is 43.2 Å². The first-order chi connectivity index (χ1) is 8.22. The van der Waals surface area contributed by atoms with Gasteiger partial charge in [-0.2, -0.15) is 5.26 Å². The van der Waals surface area contributed by atoms with E-state index in [1.807, 2.05) is 38.1 Å². The van der Waals surface area contributed by atoms with Crippen LogP contribution in [-0.4, -0.2) is 6.61 Å². The first-order valence-electron chi connectivity index (χ1n) is 5.84. The third kappa shape index (κ3) is 3.53. The summed E-state index contributed by atoms with van der Waals surface area (Å²) in [5.41, 5.74) is 8.07. The lowest BCUT2D eigenvalue weighted by atomic mass is 10.0. The summed E-state index contributed by atoms with van der Waals surface area (Å²) in [5, 5.41) is 9.02. The van der Waals surface area contributed by atoms with Gasteiger partial charge in [0.05, 0.1) is 23.9 Å². The summed E-state index contributed by atoms with van der Waals surface area (Å²) in [6.45, 7) is 4.62. The average molecular weight is 230 g/mol. The molecule has 17 heavy (non-hydrogen) atoms. The molecule has 0 amide bonds. The van der Waals surface area contributed by atoms with Crippen LogP contribution in [0.25, 0.3) is 5.70 Å². The van der Waals surface area contributed by atoms with Crippen molar-refractivity contribution in [3.8, 4) is 11.8 Å². The number of allylic oxidation sites excluding steroid dienone is 1. The molecule has 0 radical (unpaired) electrons. The molecule has 0 aliphatic carbocycles. The molecule has 1 aromatic rings. The maximum Gasteiger partial charge on any atom is 0.119 e. The van der Waals surface area contributed by atoms with E-state index in [-0.39, 0.29) is 0 Å². The second-order valence-electron chi connectivity index (χ2n) is 3.71. The van der Waals surface area contributed by atoms with Gasteiger partial charge in [0.25, 0.3) is 0 Å². The number of benzene rings is 1. The Kier molecular flexibility index (Phi) is 5.09. The molecule has 2 N–H and O–H groups in total. The number of ether oxygens (including phenoxy) is 1. The Bertz CT molecular complexity index is 427. The van der Waals surface area contributed by atoms with Gasteiger partial charge in [-0.3, -0.25) is 0 Å². The van der Waals surface area contributed by atoms with Crippen LogP contribution in [0.1, 0.15) is 32.3 Å². The molecule has 3 heteroatoms. The van der Waals surface area contributed by atoms with Crippen LogP contribution in [-0.2, 0) is 0 Å². The quantitative estimate of drug-likeness (QED) is 0.791. The van der Waals surface area contributed by atoms with Crippen LogP contribution >= 0.6 is 0 Å². The monoisotopic (exact) mass is 230 g/mol. The van der Waals surface area contributed by atoms with Crippen LogP contribution in [0.4, 0.5) is 0 Å². The average Bonchev–Trinajstić information content (AvgIpc) is 2.36. The highest BCUT2D eigenvalue weighted by Crippen LogP contribution is 2.20. The van der Waals surface area contributed by atoms with Crippen molar-refractivity contribution < 1.29 is 4.74 Å². The Balaban J connectivity index is 2.96. The van der Waals surface area contributed by atoms with Crippen LogP contribution in [0.2, 0.25) is 0 Å². The van der Waals surface area contributed by atoms with E-state index >= 15 is 0 Å². The van der Waals surface area contributed by atoms with Crippen molar-refractivity contribution in [1.29, 1.82) is 5.26 Å². The zero-order valence-corrected chi connectivity index (χ0v) is 10.4. The molecule has 0 bridgehead atoms. The van der Waals surface area contributed by atoms with E-state index in [0.717, 1.165) is 24.2 Å². The van der Waals surface area contributed by atoms with Gasteiger partial charge in [-0.25, -0.2) is 0 Å². The second-order valence-corrected chi connectivity index (χ2v) is 3.71. The lowest BCUT2D eigenvalue weighted by Crippen LogP contribution is -2.01. The second kappa shape index (κ2) is 6.59. The largest absolute Gasteiger partial charge is 0.494 e. The summed E-state index contributed by atoms with van der Waals surface area (Å²) < 4.78 is 5.35. The smallest absolute Gasteiger partial charge is 0.119 e. The topological polar surface area (TPSA) is 59.0 Å². The molecule has 0 aliphatic heterocycles. The molecule has 0 saturated carbocycles. The fourth-order valence-corrected chi connectivity index (χ4v) is 1.57. The van der Waals surface area contributed by atoms with Crippen LogP contribution < -0.4 is 10.5 Å². The molecule has 3 nitrogen and oxygen atoms in total. The SMILES string of the molecule is CCC/C(C#N)=C(/N)c1ccc(OCC)cc1. The van der Waals surface area contributed by atoms with Crippen molar-refractivity contribution in [2.75, 3.05) is 6.61 Å². The molecule has 0 fully saturated rings. The molecule has 0 aromatic heterocycles. The molecule has 90 valence electrons. The van der Waals surface area contributed by atoms with Crippen LogP contribution in [0.5, 0.6) is 5.75 Å². The lowest BCUT2D eigenvalue weighted by molar-refractivity contribution is 0.340. The minimum atomic E-state index is 0.567. The highest BCUT2D eigenvalue weighted by Gasteiger charge is 2.05. The summed E-state index contributed by atoms with van der Waals surface area (Å²) in [6.07, 6.45) is 1.64. The van der Waals surface area contributed by atoms with Gasteiger partial charge in [-0.15, -0.1) is 0 Å². The van der Waals surface area contributed by atoms with Gasteiger partial charge in [0.2, 0.25) is 0 Å². The summed E-state index contributed by atoms with van der Waals surface area (Å²) in [7, 11) is 0. The van der Waals surface area contributed by atoms with E-state index in [1.54, 1.807) is 0 Å². The molecule has 0 spiro atoms. The Hall–Kier alpha value is -1.95. The van der Waals surface area contributed by atoms with E-state index in [1.165, 1.54) is 0 Å². The Morgan fingerprint density at radius 1 is 1.29 bits per heavy atom. The standard InChI is InChI=1S/C14H18N2O/c1-3-5-12(10-15)14(16)11-6-8-13(9-7-11)17-4-2/h6-9H,3-5,16H2,1-2H3/b14-12-. The van der Waals surface area contributed by atoms with E-state index in [2.05, 4.69) is 6.07 Å². The first kappa shape index (κ1) is 13.1. The van der Waals surface area contributed by atoms with Gasteiger partial charge in [0.1, 0.15) is 5.75 Å². The third-order valence-electron chi connectivity index (χ3n) is 2.44. The minimum absolute atomic E-state index is 0.567. The predicted molar refractivity (Wildman–Crippen MR) is 69.2 cm³/mol. The zero-order valence-electron chi connectivity index (χ0n) is 10.4. The number of nitriles is 1. The maximum absolute atomic E-state index is 9.02. The Morgan fingerprint density at radius 2 is 1.94 bits per heavy atom. The number of hydrogen-bond donors (Lipinski definition) is 1. The van der Waals surface area contributed by atoms with E-state index in [0.29, 0.717) is 17.9 Å². The minimum Gasteiger partial charge on any atom is -0.494 e.